The smallest absolute Gasteiger partial charge is 0.396 e. The summed E-state index contributed by atoms with van der Waals surface area (Å²) in [5.41, 5.74) is 0.0295. The van der Waals surface area contributed by atoms with Crippen LogP contribution in [0.3, 0.4) is 0 Å². The van der Waals surface area contributed by atoms with Crippen LogP contribution >= 0.6 is 0 Å². The summed E-state index contributed by atoms with van der Waals surface area (Å²) in [5, 5.41) is 10.1. The van der Waals surface area contributed by atoms with E-state index in [0.29, 0.717) is 29.7 Å². The van der Waals surface area contributed by atoms with Gasteiger partial charge in [-0.25, -0.2) is 4.98 Å². The fraction of sp³-hybridized carbons (Fsp3) is 0.438. The lowest BCUT2D eigenvalue weighted by atomic mass is 9.98. The number of hydrogen-bond donors (Lipinski definition) is 1. The van der Waals surface area contributed by atoms with E-state index < -0.39 is 11.9 Å². The molecule has 0 unspecified atom stereocenters. The van der Waals surface area contributed by atoms with E-state index in [9.17, 15) is 18.3 Å². The van der Waals surface area contributed by atoms with Gasteiger partial charge in [-0.1, -0.05) is 18.2 Å². The van der Waals surface area contributed by atoms with Crippen LogP contribution in [0.2, 0.25) is 0 Å². The van der Waals surface area contributed by atoms with Gasteiger partial charge in [-0.15, -0.1) is 0 Å². The predicted octanol–water partition coefficient (Wildman–Crippen LogP) is 3.46. The van der Waals surface area contributed by atoms with Crippen molar-refractivity contribution in [1.82, 2.24) is 4.98 Å². The molecule has 6 heteroatoms. The number of aromatic nitrogens is 1. The first-order valence-electron chi connectivity index (χ1n) is 7.32. The van der Waals surface area contributed by atoms with Crippen molar-refractivity contribution in [2.24, 2.45) is 5.92 Å². The fourth-order valence-corrected chi connectivity index (χ4v) is 3.00. The van der Waals surface area contributed by atoms with Gasteiger partial charge in [-0.05, 0) is 30.9 Å². The Labute approximate surface area is 126 Å². The van der Waals surface area contributed by atoms with Crippen LogP contribution in [0.4, 0.5) is 18.9 Å². The highest BCUT2D eigenvalue weighted by molar-refractivity contribution is 5.92. The molecule has 1 aliphatic heterocycles. The standard InChI is InChI=1S/C16H17F3N2O/c17-16(18,19)15-8-14(12-5-1-2-6-13(12)20-15)21-7-3-4-11(9-21)10-22/h1-2,5-6,8,11,22H,3-4,7,9-10H2/t11-/m1/s1. The summed E-state index contributed by atoms with van der Waals surface area (Å²) in [6.45, 7) is 1.33. The van der Waals surface area contributed by atoms with Gasteiger partial charge in [-0.3, -0.25) is 0 Å². The number of aliphatic hydroxyl groups excluding tert-OH is 1. The number of para-hydroxylation sites is 1. The Hall–Kier alpha value is -1.82. The van der Waals surface area contributed by atoms with Crippen molar-refractivity contribution in [3.05, 3.63) is 36.0 Å². The van der Waals surface area contributed by atoms with Gasteiger partial charge in [0.25, 0.3) is 0 Å². The molecular weight excluding hydrogens is 293 g/mol. The second-order valence-electron chi connectivity index (χ2n) is 5.68. The molecule has 1 saturated heterocycles. The van der Waals surface area contributed by atoms with Crippen LogP contribution in [-0.4, -0.2) is 29.8 Å². The van der Waals surface area contributed by atoms with Gasteiger partial charge >= 0.3 is 6.18 Å². The van der Waals surface area contributed by atoms with Crippen molar-refractivity contribution in [3.8, 4) is 0 Å². The zero-order chi connectivity index (χ0) is 15.7. The zero-order valence-corrected chi connectivity index (χ0v) is 12.0. The zero-order valence-electron chi connectivity index (χ0n) is 12.0. The van der Waals surface area contributed by atoms with Crippen molar-refractivity contribution in [3.63, 3.8) is 0 Å². The molecule has 3 rings (SSSR count). The number of fused-ring (bicyclic) bond motifs is 1. The Morgan fingerprint density at radius 2 is 2.05 bits per heavy atom. The molecule has 2 aromatic rings. The molecule has 1 aromatic heterocycles. The Morgan fingerprint density at radius 3 is 2.77 bits per heavy atom. The normalized spacial score (nSPS) is 19.6. The van der Waals surface area contributed by atoms with Crippen LogP contribution in [0, 0.1) is 5.92 Å². The minimum atomic E-state index is -4.47. The molecule has 1 atom stereocenters. The summed E-state index contributed by atoms with van der Waals surface area (Å²) in [4.78, 5) is 5.67. The van der Waals surface area contributed by atoms with Crippen molar-refractivity contribution in [2.75, 3.05) is 24.6 Å². The molecular formula is C16H17F3N2O. The molecule has 2 heterocycles. The quantitative estimate of drug-likeness (QED) is 0.923. The number of benzene rings is 1. The van der Waals surface area contributed by atoms with Gasteiger partial charge < -0.3 is 10.0 Å². The van der Waals surface area contributed by atoms with Crippen molar-refractivity contribution in [1.29, 1.82) is 0 Å². The van der Waals surface area contributed by atoms with Crippen molar-refractivity contribution in [2.45, 2.75) is 19.0 Å². The lowest BCUT2D eigenvalue weighted by Crippen LogP contribution is -2.37. The van der Waals surface area contributed by atoms with E-state index >= 15 is 0 Å². The molecule has 0 radical (unpaired) electrons. The maximum Gasteiger partial charge on any atom is 0.433 e. The fourth-order valence-electron chi connectivity index (χ4n) is 3.00. The van der Waals surface area contributed by atoms with Crippen molar-refractivity contribution >= 4 is 16.6 Å². The maximum absolute atomic E-state index is 13.1. The SMILES string of the molecule is OC[C@@H]1CCCN(c2cc(C(F)(F)F)nc3ccccc23)C1. The first-order valence-corrected chi connectivity index (χ1v) is 7.32. The highest BCUT2D eigenvalue weighted by Gasteiger charge is 2.34. The molecule has 1 N–H and O–H groups in total. The van der Waals surface area contributed by atoms with Gasteiger partial charge in [-0.2, -0.15) is 13.2 Å². The number of anilines is 1. The largest absolute Gasteiger partial charge is 0.433 e. The number of alkyl halides is 3. The average molecular weight is 310 g/mol. The molecule has 1 aliphatic rings. The molecule has 0 saturated carbocycles. The van der Waals surface area contributed by atoms with Crippen LogP contribution in [0.1, 0.15) is 18.5 Å². The number of hydrogen-bond acceptors (Lipinski definition) is 3. The van der Waals surface area contributed by atoms with Crippen molar-refractivity contribution < 1.29 is 18.3 Å². The van der Waals surface area contributed by atoms with Crippen LogP contribution < -0.4 is 4.90 Å². The molecule has 0 aliphatic carbocycles. The first-order chi connectivity index (χ1) is 10.5. The van der Waals surface area contributed by atoms with E-state index in [1.54, 1.807) is 24.3 Å². The molecule has 0 bridgehead atoms. The molecule has 0 amide bonds. The summed E-state index contributed by atoms with van der Waals surface area (Å²) in [5.74, 6) is 0.106. The molecule has 1 fully saturated rings. The lowest BCUT2D eigenvalue weighted by Gasteiger charge is -2.34. The maximum atomic E-state index is 13.1. The van der Waals surface area contributed by atoms with Gasteiger partial charge in [0.2, 0.25) is 0 Å². The van der Waals surface area contributed by atoms with Crippen LogP contribution in [-0.2, 0) is 6.18 Å². The molecule has 3 nitrogen and oxygen atoms in total. The minimum absolute atomic E-state index is 0.0612. The molecule has 0 spiro atoms. The van der Waals surface area contributed by atoms with E-state index in [1.807, 2.05) is 4.90 Å². The molecule has 118 valence electrons. The minimum Gasteiger partial charge on any atom is -0.396 e. The number of nitrogens with zero attached hydrogens (tertiary/aromatic N) is 2. The Kier molecular flexibility index (Phi) is 3.95. The van der Waals surface area contributed by atoms with Crippen LogP contribution in [0.5, 0.6) is 0 Å². The van der Waals surface area contributed by atoms with Gasteiger partial charge in [0, 0.05) is 30.8 Å². The van der Waals surface area contributed by atoms with E-state index in [-0.39, 0.29) is 12.5 Å². The summed E-state index contributed by atoms with van der Waals surface area (Å²) < 4.78 is 39.3. The third-order valence-electron chi connectivity index (χ3n) is 4.10. The van der Waals surface area contributed by atoms with E-state index in [2.05, 4.69) is 4.98 Å². The first kappa shape index (κ1) is 15.1. The van der Waals surface area contributed by atoms with Gasteiger partial charge in [0.1, 0.15) is 5.69 Å². The lowest BCUT2D eigenvalue weighted by molar-refractivity contribution is -0.140. The summed E-state index contributed by atoms with van der Waals surface area (Å²) in [6, 6.07) is 8.00. The van der Waals surface area contributed by atoms with E-state index in [0.717, 1.165) is 18.9 Å². The van der Waals surface area contributed by atoms with Crippen LogP contribution in [0.15, 0.2) is 30.3 Å². The predicted molar refractivity (Wildman–Crippen MR) is 78.8 cm³/mol. The Bertz CT molecular complexity index is 672. The Morgan fingerprint density at radius 1 is 1.27 bits per heavy atom. The third kappa shape index (κ3) is 2.88. The number of rotatable bonds is 2. The Balaban J connectivity index is 2.10. The molecule has 22 heavy (non-hydrogen) atoms. The average Bonchev–Trinajstić information content (AvgIpc) is 2.53. The number of aliphatic hydroxyl groups is 1. The van der Waals surface area contributed by atoms with Crippen LogP contribution in [0.25, 0.3) is 10.9 Å². The van der Waals surface area contributed by atoms with Gasteiger partial charge in [0.05, 0.1) is 5.52 Å². The monoisotopic (exact) mass is 310 g/mol. The summed E-state index contributed by atoms with van der Waals surface area (Å²) >= 11 is 0. The highest BCUT2D eigenvalue weighted by Crippen LogP contribution is 2.35. The second kappa shape index (κ2) is 5.76. The van der Waals surface area contributed by atoms with E-state index in [1.165, 1.54) is 0 Å². The number of halogens is 3. The summed E-state index contributed by atoms with van der Waals surface area (Å²) in [6.07, 6.45) is -2.70. The van der Waals surface area contributed by atoms with E-state index in [4.69, 9.17) is 0 Å². The number of pyridine rings is 1. The van der Waals surface area contributed by atoms with Gasteiger partial charge in [0.15, 0.2) is 0 Å². The third-order valence-corrected chi connectivity index (χ3v) is 4.10. The highest BCUT2D eigenvalue weighted by atomic mass is 19.4. The second-order valence-corrected chi connectivity index (χ2v) is 5.68. The number of piperidine rings is 1. The molecule has 1 aromatic carbocycles. The topological polar surface area (TPSA) is 36.4 Å². The summed E-state index contributed by atoms with van der Waals surface area (Å²) in [7, 11) is 0.